The Kier molecular flexibility index (Phi) is 2.71. The van der Waals surface area contributed by atoms with E-state index in [1.54, 1.807) is 4.90 Å². The van der Waals surface area contributed by atoms with Crippen LogP contribution in [-0.2, 0) is 4.79 Å². The van der Waals surface area contributed by atoms with E-state index >= 15 is 0 Å². The number of rotatable bonds is 2. The van der Waals surface area contributed by atoms with E-state index in [0.717, 1.165) is 11.3 Å². The summed E-state index contributed by atoms with van der Waals surface area (Å²) in [6.07, 6.45) is -0.360. The predicted molar refractivity (Wildman–Crippen MR) is 57.0 cm³/mol. The Bertz CT molecular complexity index is 388. The number of aryl methyl sites for hydroxylation is 2. The lowest BCUT2D eigenvalue weighted by atomic mass is 9.96. The fraction of sp³-hybridized carbons (Fsp3) is 0.636. The molecular weight excluding hydrogens is 208 g/mol. The van der Waals surface area contributed by atoms with Gasteiger partial charge in [-0.1, -0.05) is 5.16 Å². The minimum absolute atomic E-state index is 0.0275. The number of carbonyl (C=O) groups is 1. The zero-order valence-electron chi connectivity index (χ0n) is 9.73. The first kappa shape index (κ1) is 11.1. The van der Waals surface area contributed by atoms with Crippen LogP contribution in [-0.4, -0.2) is 40.3 Å². The van der Waals surface area contributed by atoms with E-state index in [9.17, 15) is 4.79 Å². The second kappa shape index (κ2) is 3.90. The van der Waals surface area contributed by atoms with Crippen LogP contribution in [0.3, 0.4) is 0 Å². The smallest absolute Gasteiger partial charge is 0.230 e. The minimum Gasteiger partial charge on any atom is -0.389 e. The summed E-state index contributed by atoms with van der Waals surface area (Å²) in [4.78, 5) is 13.7. The van der Waals surface area contributed by atoms with Gasteiger partial charge in [-0.2, -0.15) is 0 Å². The molecule has 1 aromatic heterocycles. The molecule has 16 heavy (non-hydrogen) atoms. The van der Waals surface area contributed by atoms with Crippen LogP contribution in [0.15, 0.2) is 4.52 Å². The maximum absolute atomic E-state index is 12.0. The van der Waals surface area contributed by atoms with Crippen molar-refractivity contribution in [1.82, 2.24) is 10.1 Å². The summed E-state index contributed by atoms with van der Waals surface area (Å²) in [7, 11) is 0. The highest BCUT2D eigenvalue weighted by molar-refractivity contribution is 5.84. The second-order valence-electron chi connectivity index (χ2n) is 4.36. The monoisotopic (exact) mass is 224 g/mol. The Morgan fingerprint density at radius 3 is 2.62 bits per heavy atom. The number of hydrogen-bond donors (Lipinski definition) is 1. The Balaban J connectivity index is 2.13. The Morgan fingerprint density at radius 1 is 1.56 bits per heavy atom. The number of aliphatic hydroxyl groups is 1. The average molecular weight is 224 g/mol. The third kappa shape index (κ3) is 1.71. The fourth-order valence-corrected chi connectivity index (χ4v) is 2.14. The predicted octanol–water partition coefficient (Wildman–Crippen LogP) is 0.598. The standard InChI is InChI=1S/C11H16N2O3/c1-6(10-7(2)12-16-8(10)3)11(15)13-4-9(14)5-13/h6,9,14H,4-5H2,1-3H3. The van der Waals surface area contributed by atoms with Gasteiger partial charge >= 0.3 is 0 Å². The summed E-state index contributed by atoms with van der Waals surface area (Å²) in [6.45, 7) is 6.36. The Labute approximate surface area is 94.0 Å². The molecule has 1 amide bonds. The van der Waals surface area contributed by atoms with E-state index < -0.39 is 0 Å². The van der Waals surface area contributed by atoms with Gasteiger partial charge in [-0.3, -0.25) is 4.79 Å². The third-order valence-corrected chi connectivity index (χ3v) is 3.07. The molecule has 1 N–H and O–H groups in total. The van der Waals surface area contributed by atoms with Crippen LogP contribution >= 0.6 is 0 Å². The van der Waals surface area contributed by atoms with Crippen LogP contribution in [0.1, 0.15) is 29.9 Å². The first-order valence-corrected chi connectivity index (χ1v) is 5.40. The molecule has 1 aliphatic rings. The van der Waals surface area contributed by atoms with Crippen molar-refractivity contribution in [1.29, 1.82) is 0 Å². The van der Waals surface area contributed by atoms with Crippen LogP contribution < -0.4 is 0 Å². The van der Waals surface area contributed by atoms with Crippen LogP contribution in [0.25, 0.3) is 0 Å². The maximum Gasteiger partial charge on any atom is 0.230 e. The maximum atomic E-state index is 12.0. The first-order chi connectivity index (χ1) is 7.50. The number of hydrogen-bond acceptors (Lipinski definition) is 4. The van der Waals surface area contributed by atoms with Crippen molar-refractivity contribution in [2.75, 3.05) is 13.1 Å². The molecule has 1 atom stereocenters. The van der Waals surface area contributed by atoms with E-state index in [4.69, 9.17) is 9.63 Å². The number of β-amino-alcohol motifs (C(OH)–C–C–N with tert-alkyl or cyclic N) is 1. The number of nitrogens with zero attached hydrogens (tertiary/aromatic N) is 2. The number of aliphatic hydroxyl groups excluding tert-OH is 1. The lowest BCUT2D eigenvalue weighted by molar-refractivity contribution is -0.142. The lowest BCUT2D eigenvalue weighted by Crippen LogP contribution is -2.54. The highest BCUT2D eigenvalue weighted by Gasteiger charge is 2.34. The van der Waals surface area contributed by atoms with Crippen molar-refractivity contribution in [3.8, 4) is 0 Å². The van der Waals surface area contributed by atoms with E-state index in [2.05, 4.69) is 5.16 Å². The molecule has 1 aromatic rings. The number of amides is 1. The molecule has 5 heteroatoms. The molecule has 2 heterocycles. The van der Waals surface area contributed by atoms with Gasteiger partial charge in [0.2, 0.25) is 5.91 Å². The summed E-state index contributed by atoms with van der Waals surface area (Å²) in [5.41, 5.74) is 1.63. The van der Waals surface area contributed by atoms with E-state index in [1.807, 2.05) is 20.8 Å². The Hall–Kier alpha value is -1.36. The summed E-state index contributed by atoms with van der Waals surface area (Å²) in [6, 6.07) is 0. The normalized spacial score (nSPS) is 18.4. The molecule has 88 valence electrons. The number of carbonyl (C=O) groups excluding carboxylic acids is 1. The molecule has 0 saturated carbocycles. The summed E-state index contributed by atoms with van der Waals surface area (Å²) in [5, 5.41) is 13.0. The van der Waals surface area contributed by atoms with Gasteiger partial charge in [0, 0.05) is 18.7 Å². The highest BCUT2D eigenvalue weighted by Crippen LogP contribution is 2.26. The van der Waals surface area contributed by atoms with Gasteiger partial charge < -0.3 is 14.5 Å². The van der Waals surface area contributed by atoms with Gasteiger partial charge in [-0.05, 0) is 20.8 Å². The molecule has 0 bridgehead atoms. The van der Waals surface area contributed by atoms with Crippen LogP contribution in [0.4, 0.5) is 0 Å². The van der Waals surface area contributed by atoms with Crippen LogP contribution in [0.2, 0.25) is 0 Å². The quantitative estimate of drug-likeness (QED) is 0.798. The third-order valence-electron chi connectivity index (χ3n) is 3.07. The summed E-state index contributed by atoms with van der Waals surface area (Å²) < 4.78 is 5.05. The number of likely N-dealkylation sites (tertiary alicyclic amines) is 1. The van der Waals surface area contributed by atoms with Crippen molar-refractivity contribution >= 4 is 5.91 Å². The summed E-state index contributed by atoms with van der Waals surface area (Å²) in [5.74, 6) is 0.470. The van der Waals surface area contributed by atoms with Crippen LogP contribution in [0.5, 0.6) is 0 Å². The zero-order chi connectivity index (χ0) is 11.9. The highest BCUT2D eigenvalue weighted by atomic mass is 16.5. The van der Waals surface area contributed by atoms with Crippen molar-refractivity contribution in [3.63, 3.8) is 0 Å². The fourth-order valence-electron chi connectivity index (χ4n) is 2.14. The van der Waals surface area contributed by atoms with Gasteiger partial charge in [0.25, 0.3) is 0 Å². The van der Waals surface area contributed by atoms with Crippen LogP contribution in [0, 0.1) is 13.8 Å². The molecule has 2 rings (SSSR count). The molecule has 0 radical (unpaired) electrons. The van der Waals surface area contributed by atoms with Crippen molar-refractivity contribution in [3.05, 3.63) is 17.0 Å². The molecular formula is C11H16N2O3. The van der Waals surface area contributed by atoms with E-state index in [1.165, 1.54) is 0 Å². The summed E-state index contributed by atoms with van der Waals surface area (Å²) >= 11 is 0. The van der Waals surface area contributed by atoms with Gasteiger partial charge in [-0.15, -0.1) is 0 Å². The van der Waals surface area contributed by atoms with Crippen molar-refractivity contribution in [2.45, 2.75) is 32.8 Å². The topological polar surface area (TPSA) is 66.6 Å². The SMILES string of the molecule is Cc1noc(C)c1C(C)C(=O)N1CC(O)C1. The lowest BCUT2D eigenvalue weighted by Gasteiger charge is -2.37. The van der Waals surface area contributed by atoms with E-state index in [0.29, 0.717) is 18.8 Å². The molecule has 1 unspecified atom stereocenters. The zero-order valence-corrected chi connectivity index (χ0v) is 9.73. The molecule has 5 nitrogen and oxygen atoms in total. The molecule has 1 fully saturated rings. The molecule has 0 aliphatic carbocycles. The molecule has 0 aromatic carbocycles. The first-order valence-electron chi connectivity index (χ1n) is 5.40. The van der Waals surface area contributed by atoms with Crippen molar-refractivity contribution in [2.24, 2.45) is 0 Å². The largest absolute Gasteiger partial charge is 0.389 e. The minimum atomic E-state index is -0.360. The average Bonchev–Trinajstić information content (AvgIpc) is 2.52. The van der Waals surface area contributed by atoms with E-state index in [-0.39, 0.29) is 17.9 Å². The number of aromatic nitrogens is 1. The second-order valence-corrected chi connectivity index (χ2v) is 4.36. The van der Waals surface area contributed by atoms with Crippen molar-refractivity contribution < 1.29 is 14.4 Å². The van der Waals surface area contributed by atoms with Gasteiger partial charge in [-0.25, -0.2) is 0 Å². The van der Waals surface area contributed by atoms with Gasteiger partial charge in [0.15, 0.2) is 0 Å². The molecule has 1 saturated heterocycles. The van der Waals surface area contributed by atoms with Gasteiger partial charge in [0.05, 0.1) is 17.7 Å². The van der Waals surface area contributed by atoms with Gasteiger partial charge in [0.1, 0.15) is 5.76 Å². The molecule has 0 spiro atoms. The Morgan fingerprint density at radius 2 is 2.19 bits per heavy atom. The molecule has 1 aliphatic heterocycles.